The van der Waals surface area contributed by atoms with Gasteiger partial charge in [0.2, 0.25) is 11.8 Å². The van der Waals surface area contributed by atoms with Crippen molar-refractivity contribution in [2.45, 2.75) is 19.8 Å². The first-order valence-electron chi connectivity index (χ1n) is 9.52. The fraction of sp³-hybridized carbons (Fsp3) is 0.143. The average Bonchev–Trinajstić information content (AvgIpc) is 2.77. The number of hydrazine groups is 1. The first-order valence-corrected chi connectivity index (χ1v) is 9.93. The number of rotatable bonds is 7. The van der Waals surface area contributed by atoms with E-state index in [0.717, 1.165) is 12.5 Å². The van der Waals surface area contributed by atoms with Gasteiger partial charge in [-0.05, 0) is 54.5 Å². The molecular formula is C21H21N5O5S. The van der Waals surface area contributed by atoms with Gasteiger partial charge in [0.15, 0.2) is 5.11 Å². The standard InChI is InChI=1S/C21H21N5O5S/c1-2-4-18(27)22-16-10-8-15(9-11-16)20(29)24-25-21(32)23-19(28)12-7-14-5-3-6-17(13-14)26(30)31/h3,5-13H,2,4H2,1H3,(H,22,27)(H,24,29)(H2,23,25,28,32)/b12-7+. The van der Waals surface area contributed by atoms with Crippen LogP contribution in [0.25, 0.3) is 6.08 Å². The van der Waals surface area contributed by atoms with Gasteiger partial charge in [-0.3, -0.25) is 40.7 Å². The minimum atomic E-state index is -0.588. The van der Waals surface area contributed by atoms with Gasteiger partial charge >= 0.3 is 0 Å². The predicted octanol–water partition coefficient (Wildman–Crippen LogP) is 2.68. The molecule has 0 unspecified atom stereocenters. The smallest absolute Gasteiger partial charge is 0.270 e. The average molecular weight is 455 g/mol. The number of nitro benzene ring substituents is 1. The molecule has 0 fully saturated rings. The van der Waals surface area contributed by atoms with Crippen LogP contribution in [0.1, 0.15) is 35.7 Å². The van der Waals surface area contributed by atoms with Gasteiger partial charge in [-0.1, -0.05) is 19.1 Å². The van der Waals surface area contributed by atoms with E-state index >= 15 is 0 Å². The molecule has 0 saturated carbocycles. The molecule has 0 aliphatic rings. The molecule has 166 valence electrons. The van der Waals surface area contributed by atoms with Crippen molar-refractivity contribution in [3.05, 3.63) is 75.8 Å². The summed E-state index contributed by atoms with van der Waals surface area (Å²) in [5.74, 6) is -1.19. The van der Waals surface area contributed by atoms with Crippen LogP contribution in [0.2, 0.25) is 0 Å². The van der Waals surface area contributed by atoms with Crippen molar-refractivity contribution in [2.24, 2.45) is 0 Å². The highest BCUT2D eigenvalue weighted by Crippen LogP contribution is 2.14. The lowest BCUT2D eigenvalue weighted by molar-refractivity contribution is -0.384. The number of nitrogens with zero attached hydrogens (tertiary/aromatic N) is 1. The van der Waals surface area contributed by atoms with Gasteiger partial charge in [0.05, 0.1) is 4.92 Å². The van der Waals surface area contributed by atoms with Crippen molar-refractivity contribution in [1.82, 2.24) is 16.2 Å². The van der Waals surface area contributed by atoms with Crippen molar-refractivity contribution < 1.29 is 19.3 Å². The lowest BCUT2D eigenvalue weighted by Gasteiger charge is -2.10. The van der Waals surface area contributed by atoms with E-state index in [1.54, 1.807) is 18.2 Å². The Hall–Kier alpha value is -4.12. The predicted molar refractivity (Wildman–Crippen MR) is 123 cm³/mol. The molecule has 10 nitrogen and oxygen atoms in total. The van der Waals surface area contributed by atoms with E-state index in [2.05, 4.69) is 21.5 Å². The molecule has 11 heteroatoms. The normalized spacial score (nSPS) is 10.3. The van der Waals surface area contributed by atoms with Gasteiger partial charge in [0.1, 0.15) is 0 Å². The second kappa shape index (κ2) is 11.9. The summed E-state index contributed by atoms with van der Waals surface area (Å²) in [5, 5.41) is 15.7. The zero-order valence-corrected chi connectivity index (χ0v) is 17.9. The van der Waals surface area contributed by atoms with E-state index in [-0.39, 0.29) is 16.7 Å². The molecule has 2 rings (SSSR count). The molecule has 0 atom stereocenters. The highest BCUT2D eigenvalue weighted by Gasteiger charge is 2.08. The molecule has 0 aliphatic carbocycles. The van der Waals surface area contributed by atoms with Crippen LogP contribution < -0.4 is 21.5 Å². The minimum absolute atomic E-state index is 0.0937. The van der Waals surface area contributed by atoms with Crippen molar-refractivity contribution in [1.29, 1.82) is 0 Å². The van der Waals surface area contributed by atoms with Gasteiger partial charge in [0.25, 0.3) is 11.6 Å². The molecule has 0 spiro atoms. The molecule has 0 saturated heterocycles. The Balaban J connectivity index is 1.81. The van der Waals surface area contributed by atoms with E-state index in [1.807, 2.05) is 6.92 Å². The third kappa shape index (κ3) is 7.95. The van der Waals surface area contributed by atoms with Crippen LogP contribution in [0.4, 0.5) is 11.4 Å². The number of anilines is 1. The summed E-state index contributed by atoms with van der Waals surface area (Å²) in [6, 6.07) is 12.0. The first-order chi connectivity index (χ1) is 15.3. The number of benzene rings is 2. The monoisotopic (exact) mass is 455 g/mol. The second-order valence-electron chi connectivity index (χ2n) is 6.46. The van der Waals surface area contributed by atoms with Gasteiger partial charge in [-0.15, -0.1) is 0 Å². The molecule has 0 aromatic heterocycles. The molecule has 0 radical (unpaired) electrons. The molecule has 3 amide bonds. The number of nitrogens with one attached hydrogen (secondary N) is 4. The van der Waals surface area contributed by atoms with Gasteiger partial charge in [-0.25, -0.2) is 0 Å². The number of non-ortho nitro benzene ring substituents is 1. The molecule has 0 bridgehead atoms. The third-order valence-corrected chi connectivity index (χ3v) is 4.15. The molecular weight excluding hydrogens is 434 g/mol. The van der Waals surface area contributed by atoms with E-state index in [1.165, 1.54) is 36.4 Å². The first kappa shape index (κ1) is 24.2. The van der Waals surface area contributed by atoms with Crippen molar-refractivity contribution in [3.8, 4) is 0 Å². The maximum Gasteiger partial charge on any atom is 0.270 e. The third-order valence-electron chi connectivity index (χ3n) is 3.94. The van der Waals surface area contributed by atoms with Crippen LogP contribution in [0.15, 0.2) is 54.6 Å². The van der Waals surface area contributed by atoms with E-state index in [9.17, 15) is 24.5 Å². The number of carbonyl (C=O) groups is 3. The molecule has 0 heterocycles. The lowest BCUT2D eigenvalue weighted by atomic mass is 10.2. The zero-order valence-electron chi connectivity index (χ0n) is 17.1. The Morgan fingerprint density at radius 3 is 2.47 bits per heavy atom. The van der Waals surface area contributed by atoms with Crippen LogP contribution in [-0.2, 0) is 9.59 Å². The summed E-state index contributed by atoms with van der Waals surface area (Å²) >= 11 is 4.95. The van der Waals surface area contributed by atoms with Crippen LogP contribution in [0.3, 0.4) is 0 Å². The van der Waals surface area contributed by atoms with Crippen molar-refractivity contribution in [2.75, 3.05) is 5.32 Å². The molecule has 4 N–H and O–H groups in total. The van der Waals surface area contributed by atoms with Crippen molar-refractivity contribution >= 4 is 52.5 Å². The number of carbonyl (C=O) groups excluding carboxylic acids is 3. The number of amides is 3. The lowest BCUT2D eigenvalue weighted by Crippen LogP contribution is -2.48. The Bertz CT molecular complexity index is 1050. The summed E-state index contributed by atoms with van der Waals surface area (Å²) in [7, 11) is 0. The molecule has 2 aromatic rings. The Morgan fingerprint density at radius 2 is 1.81 bits per heavy atom. The highest BCUT2D eigenvalue weighted by molar-refractivity contribution is 7.80. The summed E-state index contributed by atoms with van der Waals surface area (Å²) < 4.78 is 0. The molecule has 32 heavy (non-hydrogen) atoms. The molecule has 0 aliphatic heterocycles. The summed E-state index contributed by atoms with van der Waals surface area (Å²) in [4.78, 5) is 45.9. The summed E-state index contributed by atoms with van der Waals surface area (Å²) in [6.07, 6.45) is 3.69. The zero-order chi connectivity index (χ0) is 23.5. The van der Waals surface area contributed by atoms with Gasteiger partial charge < -0.3 is 5.32 Å². The quantitative estimate of drug-likeness (QED) is 0.218. The van der Waals surface area contributed by atoms with Crippen LogP contribution >= 0.6 is 12.2 Å². The SMILES string of the molecule is CCCC(=O)Nc1ccc(C(=O)NNC(=S)NC(=O)/C=C/c2cccc([N+](=O)[O-])c2)cc1. The maximum atomic E-state index is 12.2. The fourth-order valence-electron chi connectivity index (χ4n) is 2.44. The summed E-state index contributed by atoms with van der Waals surface area (Å²) in [6.45, 7) is 1.90. The van der Waals surface area contributed by atoms with Gasteiger partial charge in [0, 0.05) is 35.9 Å². The van der Waals surface area contributed by atoms with Crippen LogP contribution in [-0.4, -0.2) is 27.8 Å². The molecule has 2 aromatic carbocycles. The van der Waals surface area contributed by atoms with E-state index in [4.69, 9.17) is 12.2 Å². The number of hydrogen-bond acceptors (Lipinski definition) is 6. The maximum absolute atomic E-state index is 12.2. The van der Waals surface area contributed by atoms with E-state index < -0.39 is 16.7 Å². The van der Waals surface area contributed by atoms with Crippen molar-refractivity contribution in [3.63, 3.8) is 0 Å². The fourth-order valence-corrected chi connectivity index (χ4v) is 2.59. The topological polar surface area (TPSA) is 142 Å². The van der Waals surface area contributed by atoms with Crippen LogP contribution in [0, 0.1) is 10.1 Å². The minimum Gasteiger partial charge on any atom is -0.326 e. The highest BCUT2D eigenvalue weighted by atomic mass is 32.1. The second-order valence-corrected chi connectivity index (χ2v) is 6.87. The van der Waals surface area contributed by atoms with Gasteiger partial charge in [-0.2, -0.15) is 0 Å². The number of thiocarbonyl (C=S) groups is 1. The Morgan fingerprint density at radius 1 is 1.09 bits per heavy atom. The number of nitro groups is 1. The Kier molecular flexibility index (Phi) is 8.99. The van der Waals surface area contributed by atoms with Crippen LogP contribution in [0.5, 0.6) is 0 Å². The van der Waals surface area contributed by atoms with E-state index in [0.29, 0.717) is 23.2 Å². The Labute approximate surface area is 189 Å². The largest absolute Gasteiger partial charge is 0.326 e. The number of hydrogen-bond donors (Lipinski definition) is 4. The summed E-state index contributed by atoms with van der Waals surface area (Å²) in [5.41, 5.74) is 6.01.